The lowest BCUT2D eigenvalue weighted by Crippen LogP contribution is -1.99. The van der Waals surface area contributed by atoms with Gasteiger partial charge in [0.15, 0.2) is 9.84 Å². The summed E-state index contributed by atoms with van der Waals surface area (Å²) in [6.07, 6.45) is 2.12. The van der Waals surface area contributed by atoms with Crippen LogP contribution in [0.2, 0.25) is 0 Å². The standard InChI is InChI=1S/C17H14FNO4S3/c1-25(20,21)14-6-4-3-5-13(14)16-15(11-7-9-12(18)10-8-11)19-17(24-16)26(2,22)23/h3-10H,1-2H3. The Morgan fingerprint density at radius 3 is 2.08 bits per heavy atom. The third-order valence-electron chi connectivity index (χ3n) is 3.57. The first-order chi connectivity index (χ1) is 12.1. The molecule has 26 heavy (non-hydrogen) atoms. The molecular weight excluding hydrogens is 397 g/mol. The quantitative estimate of drug-likeness (QED) is 0.657. The molecule has 0 radical (unpaired) electrons. The van der Waals surface area contributed by atoms with Crippen LogP contribution in [-0.2, 0) is 19.7 Å². The fourth-order valence-corrected chi connectivity index (χ4v) is 5.35. The fraction of sp³-hybridized carbons (Fsp3) is 0.118. The first-order valence-corrected chi connectivity index (χ1v) is 11.9. The predicted molar refractivity (Wildman–Crippen MR) is 99.2 cm³/mol. The van der Waals surface area contributed by atoms with Crippen molar-refractivity contribution in [3.05, 3.63) is 54.3 Å². The van der Waals surface area contributed by atoms with Gasteiger partial charge in [-0.25, -0.2) is 26.2 Å². The summed E-state index contributed by atoms with van der Waals surface area (Å²) in [5, 5.41) is 0. The van der Waals surface area contributed by atoms with Gasteiger partial charge in [0.1, 0.15) is 5.82 Å². The van der Waals surface area contributed by atoms with Crippen molar-refractivity contribution in [1.82, 2.24) is 4.98 Å². The van der Waals surface area contributed by atoms with Gasteiger partial charge in [-0.05, 0) is 30.3 Å². The molecular formula is C17H14FNO4S3. The van der Waals surface area contributed by atoms with Crippen molar-refractivity contribution in [2.75, 3.05) is 12.5 Å². The van der Waals surface area contributed by atoms with Crippen LogP contribution >= 0.6 is 11.3 Å². The Hall–Kier alpha value is -2.10. The molecule has 0 saturated heterocycles. The summed E-state index contributed by atoms with van der Waals surface area (Å²) in [5.74, 6) is -0.439. The van der Waals surface area contributed by atoms with Crippen molar-refractivity contribution in [3.8, 4) is 21.7 Å². The molecule has 0 bridgehead atoms. The highest BCUT2D eigenvalue weighted by atomic mass is 32.2. The summed E-state index contributed by atoms with van der Waals surface area (Å²) in [6.45, 7) is 0. The van der Waals surface area contributed by atoms with Gasteiger partial charge in [-0.1, -0.05) is 18.2 Å². The van der Waals surface area contributed by atoms with Crippen LogP contribution in [0.15, 0.2) is 57.8 Å². The summed E-state index contributed by atoms with van der Waals surface area (Å²) >= 11 is 0.892. The van der Waals surface area contributed by atoms with Crippen LogP contribution in [0, 0.1) is 5.82 Å². The van der Waals surface area contributed by atoms with E-state index in [1.54, 1.807) is 18.2 Å². The van der Waals surface area contributed by atoms with E-state index in [0.29, 0.717) is 21.7 Å². The van der Waals surface area contributed by atoms with Gasteiger partial charge in [-0.2, -0.15) is 0 Å². The molecule has 0 saturated carbocycles. The van der Waals surface area contributed by atoms with E-state index in [0.717, 1.165) is 23.8 Å². The number of rotatable bonds is 4. The smallest absolute Gasteiger partial charge is 0.210 e. The zero-order chi connectivity index (χ0) is 19.1. The highest BCUT2D eigenvalue weighted by Crippen LogP contribution is 2.41. The first-order valence-electron chi connectivity index (χ1n) is 7.33. The Balaban J connectivity index is 2.35. The van der Waals surface area contributed by atoms with Gasteiger partial charge >= 0.3 is 0 Å². The molecule has 2 aromatic carbocycles. The maximum atomic E-state index is 13.2. The third kappa shape index (κ3) is 3.69. The molecule has 3 aromatic rings. The third-order valence-corrected chi connectivity index (χ3v) is 7.50. The maximum Gasteiger partial charge on any atom is 0.210 e. The minimum atomic E-state index is -3.59. The second kappa shape index (κ2) is 6.57. The van der Waals surface area contributed by atoms with Crippen LogP contribution < -0.4 is 0 Å². The molecule has 0 aliphatic heterocycles. The minimum Gasteiger partial charge on any atom is -0.224 e. The van der Waals surface area contributed by atoms with Gasteiger partial charge in [0.2, 0.25) is 14.2 Å². The molecule has 5 nitrogen and oxygen atoms in total. The second-order valence-corrected chi connectivity index (χ2v) is 10.9. The first kappa shape index (κ1) is 18.7. The summed E-state index contributed by atoms with van der Waals surface area (Å²) in [6, 6.07) is 11.7. The van der Waals surface area contributed by atoms with E-state index in [-0.39, 0.29) is 9.24 Å². The van der Waals surface area contributed by atoms with Crippen LogP contribution in [0.3, 0.4) is 0 Å². The monoisotopic (exact) mass is 411 g/mol. The molecule has 3 rings (SSSR count). The van der Waals surface area contributed by atoms with Crippen molar-refractivity contribution < 1.29 is 21.2 Å². The molecule has 1 aromatic heterocycles. The number of hydrogen-bond acceptors (Lipinski definition) is 6. The topological polar surface area (TPSA) is 81.2 Å². The summed E-state index contributed by atoms with van der Waals surface area (Å²) in [5.41, 5.74) is 1.16. The maximum absolute atomic E-state index is 13.2. The molecule has 0 spiro atoms. The van der Waals surface area contributed by atoms with E-state index in [1.165, 1.54) is 30.3 Å². The normalized spacial score (nSPS) is 12.3. The van der Waals surface area contributed by atoms with E-state index >= 15 is 0 Å². The second-order valence-electron chi connectivity index (χ2n) is 5.70. The Morgan fingerprint density at radius 2 is 1.50 bits per heavy atom. The van der Waals surface area contributed by atoms with Crippen LogP contribution in [-0.4, -0.2) is 34.3 Å². The summed E-state index contributed by atoms with van der Waals surface area (Å²) < 4.78 is 61.3. The molecule has 0 fully saturated rings. The molecule has 0 N–H and O–H groups in total. The zero-order valence-corrected chi connectivity index (χ0v) is 16.3. The molecule has 0 amide bonds. The van der Waals surface area contributed by atoms with Gasteiger partial charge in [-0.3, -0.25) is 0 Å². The van der Waals surface area contributed by atoms with Crippen LogP contribution in [0.5, 0.6) is 0 Å². The lowest BCUT2D eigenvalue weighted by molar-refractivity contribution is 0.600. The molecule has 0 aliphatic rings. The number of sulfone groups is 2. The van der Waals surface area contributed by atoms with Crippen molar-refractivity contribution in [3.63, 3.8) is 0 Å². The molecule has 0 atom stereocenters. The average molecular weight is 412 g/mol. The van der Waals surface area contributed by atoms with Crippen molar-refractivity contribution in [2.45, 2.75) is 9.24 Å². The number of benzene rings is 2. The number of nitrogens with zero attached hydrogens (tertiary/aromatic N) is 1. The summed E-state index contributed by atoms with van der Waals surface area (Å²) in [4.78, 5) is 4.67. The Labute approximate surface area is 155 Å². The molecule has 0 unspecified atom stereocenters. The fourth-order valence-electron chi connectivity index (χ4n) is 2.42. The van der Waals surface area contributed by atoms with E-state index in [4.69, 9.17) is 0 Å². The zero-order valence-electron chi connectivity index (χ0n) is 13.8. The number of thiazole rings is 1. The summed E-state index contributed by atoms with van der Waals surface area (Å²) in [7, 11) is -7.14. The van der Waals surface area contributed by atoms with Crippen LogP contribution in [0.25, 0.3) is 21.7 Å². The number of aromatic nitrogens is 1. The Kier molecular flexibility index (Phi) is 4.72. The number of halogens is 1. The minimum absolute atomic E-state index is 0.0760. The van der Waals surface area contributed by atoms with Crippen molar-refractivity contribution in [1.29, 1.82) is 0 Å². The predicted octanol–water partition coefficient (Wildman–Crippen LogP) is 3.42. The van der Waals surface area contributed by atoms with E-state index in [2.05, 4.69) is 4.98 Å². The van der Waals surface area contributed by atoms with E-state index < -0.39 is 25.5 Å². The molecule has 0 aliphatic carbocycles. The van der Waals surface area contributed by atoms with Gasteiger partial charge < -0.3 is 0 Å². The Morgan fingerprint density at radius 1 is 0.885 bits per heavy atom. The van der Waals surface area contributed by atoms with E-state index in [9.17, 15) is 21.2 Å². The van der Waals surface area contributed by atoms with E-state index in [1.807, 2.05) is 0 Å². The Bertz CT molecular complexity index is 1180. The van der Waals surface area contributed by atoms with Crippen molar-refractivity contribution >= 4 is 31.0 Å². The molecule has 1 heterocycles. The van der Waals surface area contributed by atoms with Gasteiger partial charge in [0, 0.05) is 23.6 Å². The largest absolute Gasteiger partial charge is 0.224 e. The number of hydrogen-bond donors (Lipinski definition) is 0. The molecule has 9 heteroatoms. The highest BCUT2D eigenvalue weighted by molar-refractivity contribution is 7.92. The molecule has 136 valence electrons. The van der Waals surface area contributed by atoms with Crippen molar-refractivity contribution in [2.24, 2.45) is 0 Å². The SMILES string of the molecule is CS(=O)(=O)c1nc(-c2ccc(F)cc2)c(-c2ccccc2S(C)(=O)=O)s1. The average Bonchev–Trinajstić information content (AvgIpc) is 3.00. The lowest BCUT2D eigenvalue weighted by atomic mass is 10.1. The highest BCUT2D eigenvalue weighted by Gasteiger charge is 2.24. The van der Waals surface area contributed by atoms with Gasteiger partial charge in [0.05, 0.1) is 15.5 Å². The van der Waals surface area contributed by atoms with Gasteiger partial charge in [-0.15, -0.1) is 11.3 Å². The van der Waals surface area contributed by atoms with Crippen LogP contribution in [0.4, 0.5) is 4.39 Å². The van der Waals surface area contributed by atoms with Crippen LogP contribution in [0.1, 0.15) is 0 Å². The van der Waals surface area contributed by atoms with Gasteiger partial charge in [0.25, 0.3) is 0 Å². The lowest BCUT2D eigenvalue weighted by Gasteiger charge is -2.08.